The first-order valence-electron chi connectivity index (χ1n) is 11.5. The van der Waals surface area contributed by atoms with Crippen LogP contribution in [-0.2, 0) is 4.79 Å². The van der Waals surface area contributed by atoms with Gasteiger partial charge >= 0.3 is 5.97 Å². The number of aromatic nitrogens is 2. The van der Waals surface area contributed by atoms with Gasteiger partial charge in [0, 0.05) is 43.2 Å². The standard InChI is InChI=1S/C25H20ClFN4O4S.CH4O/c26-16-3-7-18(8-4-16)35-14-21(32)30-9-11-31(12-10-30)23-19-13-20(15-1-5-17(27)6-2-15)36-24(19)29-22(28-23)25(33)34;1-2/h1-8,13H,9-12,14H2,(H,33,34);2H,1H3. The first kappa shape index (κ1) is 27.2. The zero-order chi connectivity index (χ0) is 27.2. The van der Waals surface area contributed by atoms with Crippen LogP contribution in [0, 0.1) is 5.82 Å². The Labute approximate surface area is 226 Å². The van der Waals surface area contributed by atoms with Gasteiger partial charge in [0.1, 0.15) is 22.2 Å². The van der Waals surface area contributed by atoms with E-state index < -0.39 is 5.97 Å². The van der Waals surface area contributed by atoms with Crippen LogP contribution in [0.1, 0.15) is 10.6 Å². The van der Waals surface area contributed by atoms with E-state index in [1.165, 1.54) is 23.5 Å². The third-order valence-corrected chi connectivity index (χ3v) is 7.13. The molecule has 0 bridgehead atoms. The molecule has 0 spiro atoms. The van der Waals surface area contributed by atoms with E-state index in [0.717, 1.165) is 22.9 Å². The van der Waals surface area contributed by atoms with Gasteiger partial charge in [-0.05, 0) is 48.0 Å². The van der Waals surface area contributed by atoms with Crippen LogP contribution in [0.2, 0.25) is 5.02 Å². The number of carboxylic acids is 1. The lowest BCUT2D eigenvalue weighted by Gasteiger charge is -2.35. The molecule has 0 aliphatic carbocycles. The molecule has 4 aromatic rings. The van der Waals surface area contributed by atoms with Crippen molar-refractivity contribution in [2.45, 2.75) is 0 Å². The number of carboxylic acid groups (broad SMARTS) is 1. The summed E-state index contributed by atoms with van der Waals surface area (Å²) in [5, 5.41) is 17.9. The summed E-state index contributed by atoms with van der Waals surface area (Å²) in [6.07, 6.45) is 0. The number of thiophene rings is 1. The summed E-state index contributed by atoms with van der Waals surface area (Å²) < 4.78 is 18.9. The number of aliphatic hydroxyl groups excluding tert-OH is 1. The lowest BCUT2D eigenvalue weighted by atomic mass is 10.1. The minimum Gasteiger partial charge on any atom is -0.484 e. The molecule has 38 heavy (non-hydrogen) atoms. The zero-order valence-corrected chi connectivity index (χ0v) is 21.9. The average molecular weight is 559 g/mol. The maximum Gasteiger partial charge on any atom is 0.374 e. The molecule has 1 amide bonds. The van der Waals surface area contributed by atoms with Crippen LogP contribution in [0.4, 0.5) is 10.2 Å². The number of halogens is 2. The highest BCUT2D eigenvalue weighted by atomic mass is 35.5. The number of aliphatic hydroxyl groups is 1. The number of fused-ring (bicyclic) bond motifs is 1. The highest BCUT2D eigenvalue weighted by molar-refractivity contribution is 7.21. The molecular formula is C26H24ClFN4O5S. The maximum absolute atomic E-state index is 13.4. The van der Waals surface area contributed by atoms with Crippen LogP contribution < -0.4 is 9.64 Å². The third kappa shape index (κ3) is 6.18. The molecule has 9 nitrogen and oxygen atoms in total. The molecule has 198 valence electrons. The lowest BCUT2D eigenvalue weighted by molar-refractivity contribution is -0.133. The van der Waals surface area contributed by atoms with E-state index in [9.17, 15) is 19.1 Å². The van der Waals surface area contributed by atoms with Crippen molar-refractivity contribution in [2.24, 2.45) is 0 Å². The Balaban J connectivity index is 0.00000164. The van der Waals surface area contributed by atoms with Crippen LogP contribution in [-0.4, -0.2) is 76.9 Å². The molecule has 2 aromatic carbocycles. The molecule has 1 fully saturated rings. The predicted molar refractivity (Wildman–Crippen MR) is 144 cm³/mol. The van der Waals surface area contributed by atoms with E-state index in [0.29, 0.717) is 47.6 Å². The number of rotatable bonds is 6. The Morgan fingerprint density at radius 3 is 2.32 bits per heavy atom. The second-order valence-corrected chi connectivity index (χ2v) is 9.59. The van der Waals surface area contributed by atoms with Gasteiger partial charge in [-0.25, -0.2) is 19.2 Å². The monoisotopic (exact) mass is 558 g/mol. The Morgan fingerprint density at radius 1 is 1.03 bits per heavy atom. The number of nitrogens with zero attached hydrogens (tertiary/aromatic N) is 4. The topological polar surface area (TPSA) is 116 Å². The summed E-state index contributed by atoms with van der Waals surface area (Å²) in [5.74, 6) is -0.919. The van der Waals surface area contributed by atoms with Crippen molar-refractivity contribution in [2.75, 3.05) is 44.8 Å². The molecule has 12 heteroatoms. The average Bonchev–Trinajstić information content (AvgIpc) is 3.38. The summed E-state index contributed by atoms with van der Waals surface area (Å²) in [7, 11) is 1.00. The molecule has 5 rings (SSSR count). The number of aromatic carboxylic acids is 1. The SMILES string of the molecule is CO.O=C(O)c1nc(N2CCN(C(=O)COc3ccc(Cl)cc3)CC2)c2cc(-c3ccc(F)cc3)sc2n1. The second kappa shape index (κ2) is 12.2. The van der Waals surface area contributed by atoms with E-state index in [1.54, 1.807) is 41.3 Å². The molecule has 1 saturated heterocycles. The molecule has 1 aliphatic rings. The fourth-order valence-electron chi connectivity index (χ4n) is 3.93. The van der Waals surface area contributed by atoms with Gasteiger partial charge in [0.25, 0.3) is 5.91 Å². The summed E-state index contributed by atoms with van der Waals surface area (Å²) in [4.78, 5) is 37.9. The van der Waals surface area contributed by atoms with Crippen LogP contribution in [0.25, 0.3) is 20.7 Å². The van der Waals surface area contributed by atoms with Gasteiger partial charge in [0.05, 0.1) is 5.39 Å². The highest BCUT2D eigenvalue weighted by Gasteiger charge is 2.26. The van der Waals surface area contributed by atoms with Crippen molar-refractivity contribution in [3.63, 3.8) is 0 Å². The Kier molecular flexibility index (Phi) is 8.72. The number of piperazine rings is 1. The van der Waals surface area contributed by atoms with Crippen LogP contribution in [0.3, 0.4) is 0 Å². The minimum absolute atomic E-state index is 0.0892. The fourth-order valence-corrected chi connectivity index (χ4v) is 5.09. The van der Waals surface area contributed by atoms with E-state index in [1.807, 2.05) is 11.0 Å². The summed E-state index contributed by atoms with van der Waals surface area (Å²) in [6.45, 7) is 1.73. The van der Waals surface area contributed by atoms with E-state index >= 15 is 0 Å². The van der Waals surface area contributed by atoms with Crippen molar-refractivity contribution >= 4 is 50.8 Å². The second-order valence-electron chi connectivity index (χ2n) is 8.12. The van der Waals surface area contributed by atoms with Gasteiger partial charge in [0.2, 0.25) is 5.82 Å². The van der Waals surface area contributed by atoms with Crippen molar-refractivity contribution in [1.29, 1.82) is 0 Å². The fraction of sp³-hybridized carbons (Fsp3) is 0.231. The van der Waals surface area contributed by atoms with Gasteiger partial charge in [-0.1, -0.05) is 23.7 Å². The van der Waals surface area contributed by atoms with E-state index in [-0.39, 0.29) is 24.2 Å². The lowest BCUT2D eigenvalue weighted by Crippen LogP contribution is -2.50. The van der Waals surface area contributed by atoms with Gasteiger partial charge in [0.15, 0.2) is 6.61 Å². The number of carbonyl (C=O) groups is 2. The van der Waals surface area contributed by atoms with Gasteiger partial charge in [-0.2, -0.15) is 0 Å². The molecule has 2 aromatic heterocycles. The van der Waals surface area contributed by atoms with Gasteiger partial charge in [-0.15, -0.1) is 11.3 Å². The summed E-state index contributed by atoms with van der Waals surface area (Å²) in [6, 6.07) is 14.8. The summed E-state index contributed by atoms with van der Waals surface area (Å²) >= 11 is 7.20. The maximum atomic E-state index is 13.4. The Morgan fingerprint density at radius 2 is 1.68 bits per heavy atom. The number of amides is 1. The van der Waals surface area contributed by atoms with Crippen molar-refractivity contribution in [3.8, 4) is 16.2 Å². The Bertz CT molecular complexity index is 1420. The molecule has 0 radical (unpaired) electrons. The normalized spacial score (nSPS) is 13.2. The number of benzene rings is 2. The quantitative estimate of drug-likeness (QED) is 0.362. The van der Waals surface area contributed by atoms with Crippen LogP contribution >= 0.6 is 22.9 Å². The molecular weight excluding hydrogens is 535 g/mol. The first-order valence-corrected chi connectivity index (χ1v) is 12.7. The van der Waals surface area contributed by atoms with Gasteiger partial charge < -0.3 is 24.7 Å². The van der Waals surface area contributed by atoms with E-state index in [4.69, 9.17) is 21.4 Å². The van der Waals surface area contributed by atoms with Crippen molar-refractivity contribution in [3.05, 3.63) is 71.3 Å². The largest absolute Gasteiger partial charge is 0.484 e. The number of hydrogen-bond acceptors (Lipinski definition) is 8. The smallest absolute Gasteiger partial charge is 0.374 e. The van der Waals surface area contributed by atoms with Crippen molar-refractivity contribution in [1.82, 2.24) is 14.9 Å². The predicted octanol–water partition coefficient (Wildman–Crippen LogP) is 4.19. The molecule has 3 heterocycles. The van der Waals surface area contributed by atoms with Gasteiger partial charge in [-0.3, -0.25) is 4.79 Å². The highest BCUT2D eigenvalue weighted by Crippen LogP contribution is 2.37. The third-order valence-electron chi connectivity index (χ3n) is 5.80. The number of ether oxygens (including phenoxy) is 1. The molecule has 0 atom stereocenters. The number of hydrogen-bond donors (Lipinski definition) is 2. The summed E-state index contributed by atoms with van der Waals surface area (Å²) in [5.41, 5.74) is 0.804. The molecule has 0 unspecified atom stereocenters. The van der Waals surface area contributed by atoms with Crippen molar-refractivity contribution < 1.29 is 28.9 Å². The minimum atomic E-state index is -1.22. The van der Waals surface area contributed by atoms with E-state index in [2.05, 4.69) is 9.97 Å². The molecule has 1 aliphatic heterocycles. The molecule has 0 saturated carbocycles. The number of anilines is 1. The Hall–Kier alpha value is -3.80. The molecule has 2 N–H and O–H groups in total. The number of carbonyl (C=O) groups excluding carboxylic acids is 1. The van der Waals surface area contributed by atoms with Crippen LogP contribution in [0.15, 0.2) is 54.6 Å². The van der Waals surface area contributed by atoms with Crippen LogP contribution in [0.5, 0.6) is 5.75 Å². The zero-order valence-electron chi connectivity index (χ0n) is 20.3. The first-order chi connectivity index (χ1) is 18.4.